The standard InChI is InChI=1S/C2H4N2O4/c5-2(1-3-6)4-8-7/h1,6-7H,(H,4,5). The lowest BCUT2D eigenvalue weighted by Gasteiger charge is -1.88. The van der Waals surface area contributed by atoms with Gasteiger partial charge in [-0.25, -0.2) is 5.26 Å². The Bertz CT molecular complexity index is 100. The van der Waals surface area contributed by atoms with Gasteiger partial charge in [0.25, 0.3) is 5.91 Å². The molecule has 0 bridgehead atoms. The summed E-state index contributed by atoms with van der Waals surface area (Å²) in [6.45, 7) is 0. The van der Waals surface area contributed by atoms with E-state index in [1.165, 1.54) is 5.48 Å². The molecule has 0 aromatic heterocycles. The zero-order chi connectivity index (χ0) is 6.41. The van der Waals surface area contributed by atoms with Crippen molar-refractivity contribution < 1.29 is 20.2 Å². The fraction of sp³-hybridized carbons (Fsp3) is 0. The Morgan fingerprint density at radius 1 is 1.88 bits per heavy atom. The molecule has 6 heteroatoms. The van der Waals surface area contributed by atoms with Crippen LogP contribution in [0.3, 0.4) is 0 Å². The number of carbonyl (C=O) groups is 1. The van der Waals surface area contributed by atoms with Gasteiger partial charge in [0.05, 0.1) is 0 Å². The van der Waals surface area contributed by atoms with Crippen molar-refractivity contribution in [2.24, 2.45) is 5.16 Å². The third-order valence-corrected chi connectivity index (χ3v) is 0.321. The first-order valence-electron chi connectivity index (χ1n) is 1.59. The average molecular weight is 120 g/mol. The van der Waals surface area contributed by atoms with Gasteiger partial charge in [-0.15, -0.1) is 4.99 Å². The normalized spacial score (nSPS) is 9.62. The summed E-state index contributed by atoms with van der Waals surface area (Å²) in [5.74, 6) is -0.852. The molecule has 0 aliphatic carbocycles. The summed E-state index contributed by atoms with van der Waals surface area (Å²) in [6.07, 6.45) is 0.524. The molecule has 0 heterocycles. The largest absolute Gasteiger partial charge is 0.411 e. The summed E-state index contributed by atoms with van der Waals surface area (Å²) in [5.41, 5.74) is 1.45. The van der Waals surface area contributed by atoms with Gasteiger partial charge >= 0.3 is 0 Å². The number of oxime groups is 1. The van der Waals surface area contributed by atoms with Crippen molar-refractivity contribution in [1.82, 2.24) is 5.48 Å². The van der Waals surface area contributed by atoms with E-state index in [9.17, 15) is 4.79 Å². The molecule has 0 aromatic carbocycles. The number of amides is 1. The Morgan fingerprint density at radius 2 is 2.50 bits per heavy atom. The van der Waals surface area contributed by atoms with E-state index in [2.05, 4.69) is 10.1 Å². The second kappa shape index (κ2) is 4.03. The van der Waals surface area contributed by atoms with Crippen molar-refractivity contribution in [3.63, 3.8) is 0 Å². The fourth-order valence-electron chi connectivity index (χ4n) is 0.124. The summed E-state index contributed by atoms with van der Waals surface area (Å²) in [6, 6.07) is 0. The molecule has 0 fully saturated rings. The Balaban J connectivity index is 3.33. The second-order valence-corrected chi connectivity index (χ2v) is 0.802. The van der Waals surface area contributed by atoms with Crippen LogP contribution >= 0.6 is 0 Å². The molecule has 0 aliphatic rings. The van der Waals surface area contributed by atoms with Crippen LogP contribution in [0.25, 0.3) is 0 Å². The summed E-state index contributed by atoms with van der Waals surface area (Å²) in [7, 11) is 0. The molecule has 0 saturated carbocycles. The number of nitrogens with one attached hydrogen (secondary N) is 1. The van der Waals surface area contributed by atoms with Gasteiger partial charge in [0.15, 0.2) is 0 Å². The van der Waals surface area contributed by atoms with Gasteiger partial charge in [-0.2, -0.15) is 5.48 Å². The number of hydrogen-bond donors (Lipinski definition) is 3. The zero-order valence-corrected chi connectivity index (χ0v) is 3.74. The highest BCUT2D eigenvalue weighted by Gasteiger charge is 1.90. The third-order valence-electron chi connectivity index (χ3n) is 0.321. The summed E-state index contributed by atoms with van der Waals surface area (Å²) >= 11 is 0. The lowest BCUT2D eigenvalue weighted by Crippen LogP contribution is -2.22. The molecule has 0 unspecified atom stereocenters. The molecule has 0 spiro atoms. The van der Waals surface area contributed by atoms with Gasteiger partial charge in [0.2, 0.25) is 0 Å². The molecule has 0 saturated heterocycles. The zero-order valence-electron chi connectivity index (χ0n) is 3.74. The van der Waals surface area contributed by atoms with Crippen LogP contribution in [0.2, 0.25) is 0 Å². The number of rotatable bonds is 2. The van der Waals surface area contributed by atoms with E-state index < -0.39 is 5.91 Å². The number of hydrogen-bond acceptors (Lipinski definition) is 5. The van der Waals surface area contributed by atoms with Gasteiger partial charge in [-0.3, -0.25) is 4.79 Å². The molecule has 1 amide bonds. The second-order valence-electron chi connectivity index (χ2n) is 0.802. The summed E-state index contributed by atoms with van der Waals surface area (Å²) in [4.78, 5) is 13.1. The molecule has 8 heavy (non-hydrogen) atoms. The summed E-state index contributed by atoms with van der Waals surface area (Å²) in [5, 5.41) is 17.4. The minimum absolute atomic E-state index is 0.524. The predicted octanol–water partition coefficient (Wildman–Crippen LogP) is -1.03. The minimum atomic E-state index is -0.852. The molecule has 3 N–H and O–H groups in total. The lowest BCUT2D eigenvalue weighted by molar-refractivity contribution is -0.282. The van der Waals surface area contributed by atoms with E-state index in [0.29, 0.717) is 6.21 Å². The Morgan fingerprint density at radius 3 is 2.88 bits per heavy atom. The topological polar surface area (TPSA) is 91.2 Å². The number of nitrogens with zero attached hydrogens (tertiary/aromatic N) is 1. The number of carbonyl (C=O) groups excluding carboxylic acids is 1. The first-order valence-corrected chi connectivity index (χ1v) is 1.59. The van der Waals surface area contributed by atoms with Gasteiger partial charge in [0, 0.05) is 0 Å². The third kappa shape index (κ3) is 3.07. The molecule has 0 aromatic rings. The van der Waals surface area contributed by atoms with Crippen LogP contribution < -0.4 is 5.48 Å². The van der Waals surface area contributed by atoms with E-state index >= 15 is 0 Å². The van der Waals surface area contributed by atoms with Crippen molar-refractivity contribution in [1.29, 1.82) is 0 Å². The highest BCUT2D eigenvalue weighted by atomic mass is 17.2. The molecular formula is C2H4N2O4. The van der Waals surface area contributed by atoms with Crippen LogP contribution in [0.5, 0.6) is 0 Å². The molecule has 0 aliphatic heterocycles. The highest BCUT2D eigenvalue weighted by Crippen LogP contribution is 1.56. The van der Waals surface area contributed by atoms with Crippen LogP contribution in [-0.4, -0.2) is 22.6 Å². The van der Waals surface area contributed by atoms with Crippen LogP contribution in [0.1, 0.15) is 0 Å². The predicted molar refractivity (Wildman–Crippen MR) is 22.1 cm³/mol. The average Bonchev–Trinajstić information content (AvgIpc) is 1.68. The lowest BCUT2D eigenvalue weighted by atomic mass is 10.7. The van der Waals surface area contributed by atoms with Crippen LogP contribution in [-0.2, 0) is 9.78 Å². The van der Waals surface area contributed by atoms with Gasteiger partial charge in [0.1, 0.15) is 6.21 Å². The van der Waals surface area contributed by atoms with E-state index in [0.717, 1.165) is 0 Å². The van der Waals surface area contributed by atoms with E-state index in [1.54, 1.807) is 0 Å². The molecule has 0 atom stereocenters. The minimum Gasteiger partial charge on any atom is -0.411 e. The number of hydroxylamine groups is 1. The van der Waals surface area contributed by atoms with Crippen LogP contribution in [0, 0.1) is 0 Å². The Labute approximate surface area is 44.3 Å². The summed E-state index contributed by atoms with van der Waals surface area (Å²) < 4.78 is 0. The Hall–Kier alpha value is -1.14. The smallest absolute Gasteiger partial charge is 0.291 e. The van der Waals surface area contributed by atoms with Crippen molar-refractivity contribution >= 4 is 12.1 Å². The van der Waals surface area contributed by atoms with E-state index in [1.807, 2.05) is 0 Å². The van der Waals surface area contributed by atoms with E-state index in [-0.39, 0.29) is 0 Å². The van der Waals surface area contributed by atoms with Gasteiger partial charge in [-0.1, -0.05) is 5.16 Å². The van der Waals surface area contributed by atoms with Crippen molar-refractivity contribution in [3.8, 4) is 0 Å². The molecule has 0 radical (unpaired) electrons. The Kier molecular flexibility index (Phi) is 3.46. The molecule has 46 valence electrons. The fourth-order valence-corrected chi connectivity index (χ4v) is 0.124. The highest BCUT2D eigenvalue weighted by molar-refractivity contribution is 6.25. The quantitative estimate of drug-likeness (QED) is 0.188. The van der Waals surface area contributed by atoms with Crippen molar-refractivity contribution in [3.05, 3.63) is 0 Å². The van der Waals surface area contributed by atoms with Crippen LogP contribution in [0.15, 0.2) is 5.16 Å². The SMILES string of the molecule is O=C(C=NO)NOO. The van der Waals surface area contributed by atoms with Crippen molar-refractivity contribution in [2.45, 2.75) is 0 Å². The maximum atomic E-state index is 9.94. The first kappa shape index (κ1) is 6.86. The first-order chi connectivity index (χ1) is 3.81. The van der Waals surface area contributed by atoms with Crippen molar-refractivity contribution in [2.75, 3.05) is 0 Å². The van der Waals surface area contributed by atoms with Gasteiger partial charge in [-0.05, 0) is 0 Å². The maximum absolute atomic E-state index is 9.94. The maximum Gasteiger partial charge on any atom is 0.291 e. The molecule has 6 nitrogen and oxygen atoms in total. The molecular weight excluding hydrogens is 116 g/mol. The molecule has 0 rings (SSSR count). The monoisotopic (exact) mass is 120 g/mol. The van der Waals surface area contributed by atoms with E-state index in [4.69, 9.17) is 10.5 Å². The van der Waals surface area contributed by atoms with Crippen LogP contribution in [0.4, 0.5) is 0 Å². The van der Waals surface area contributed by atoms with Gasteiger partial charge < -0.3 is 5.21 Å².